The summed E-state index contributed by atoms with van der Waals surface area (Å²) >= 11 is 0. The average molecular weight is 277 g/mol. The number of carboxylic acids is 1. The fourth-order valence-corrected chi connectivity index (χ4v) is 1.81. The molecule has 0 aliphatic heterocycles. The van der Waals surface area contributed by atoms with E-state index in [-0.39, 0.29) is 11.3 Å². The summed E-state index contributed by atoms with van der Waals surface area (Å²) < 4.78 is 0. The maximum absolute atomic E-state index is 11.9. The average Bonchev–Trinajstić information content (AvgIpc) is 3.21. The zero-order chi connectivity index (χ0) is 14.7. The number of aliphatic carboxylic acids is 1. The van der Waals surface area contributed by atoms with Gasteiger partial charge in [0.15, 0.2) is 0 Å². The summed E-state index contributed by atoms with van der Waals surface area (Å²) in [6, 6.07) is 1.81. The molecule has 1 atom stereocenters. The van der Waals surface area contributed by atoms with Crippen molar-refractivity contribution in [2.24, 2.45) is 11.7 Å². The third kappa shape index (κ3) is 3.53. The Bertz CT molecular complexity index is 537. The molecule has 2 rings (SSSR count). The van der Waals surface area contributed by atoms with Gasteiger partial charge in [-0.1, -0.05) is 12.8 Å². The number of hydrogen-bond donors (Lipinski definition) is 3. The molecule has 1 aromatic rings. The van der Waals surface area contributed by atoms with E-state index >= 15 is 0 Å². The number of pyridine rings is 1. The predicted molar refractivity (Wildman–Crippen MR) is 69.0 cm³/mol. The van der Waals surface area contributed by atoms with Gasteiger partial charge in [-0.3, -0.25) is 14.6 Å². The van der Waals surface area contributed by atoms with Crippen molar-refractivity contribution in [1.29, 1.82) is 0 Å². The molecular weight excluding hydrogens is 262 g/mol. The number of carboxylic acid groups (broad SMARTS) is 1. The quantitative estimate of drug-likeness (QED) is 0.683. The Labute approximate surface area is 115 Å². The molecule has 1 aliphatic carbocycles. The lowest BCUT2D eigenvalue weighted by Crippen LogP contribution is -2.41. The van der Waals surface area contributed by atoms with Gasteiger partial charge < -0.3 is 16.2 Å². The highest BCUT2D eigenvalue weighted by Crippen LogP contribution is 2.33. The number of nitrogens with one attached hydrogen (secondary N) is 1. The second-order valence-corrected chi connectivity index (χ2v) is 4.84. The lowest BCUT2D eigenvalue weighted by molar-refractivity contribution is -0.139. The summed E-state index contributed by atoms with van der Waals surface area (Å²) in [4.78, 5) is 37.6. The largest absolute Gasteiger partial charge is 0.480 e. The molecular formula is C13H15N3O4. The molecule has 106 valence electrons. The van der Waals surface area contributed by atoms with Crippen LogP contribution in [0.25, 0.3) is 0 Å². The van der Waals surface area contributed by atoms with Crippen LogP contribution >= 0.6 is 0 Å². The fraction of sp³-hybridized carbons (Fsp3) is 0.385. The summed E-state index contributed by atoms with van der Waals surface area (Å²) in [5.74, 6) is -1.89. The maximum Gasteiger partial charge on any atom is 0.326 e. The molecule has 0 saturated heterocycles. The Morgan fingerprint density at radius 3 is 2.55 bits per heavy atom. The van der Waals surface area contributed by atoms with E-state index in [0.29, 0.717) is 12.3 Å². The van der Waals surface area contributed by atoms with Crippen LogP contribution in [0, 0.1) is 5.92 Å². The van der Waals surface area contributed by atoms with Gasteiger partial charge in [-0.25, -0.2) is 4.79 Å². The number of carbonyl (C=O) groups excluding carboxylic acids is 2. The third-order valence-corrected chi connectivity index (χ3v) is 3.15. The van der Waals surface area contributed by atoms with Crippen LogP contribution in [0.15, 0.2) is 18.3 Å². The highest BCUT2D eigenvalue weighted by molar-refractivity contribution is 5.96. The van der Waals surface area contributed by atoms with Gasteiger partial charge in [-0.2, -0.15) is 0 Å². The number of nitrogens with two attached hydrogens (primary N) is 1. The number of carbonyl (C=O) groups is 3. The summed E-state index contributed by atoms with van der Waals surface area (Å²) in [7, 11) is 0. The number of primary amides is 1. The zero-order valence-electron chi connectivity index (χ0n) is 10.7. The minimum atomic E-state index is -1.06. The molecule has 4 N–H and O–H groups in total. The van der Waals surface area contributed by atoms with Crippen molar-refractivity contribution in [3.63, 3.8) is 0 Å². The summed E-state index contributed by atoms with van der Waals surface area (Å²) in [6.07, 6.45) is 3.63. The third-order valence-electron chi connectivity index (χ3n) is 3.15. The van der Waals surface area contributed by atoms with Crippen molar-refractivity contribution >= 4 is 17.8 Å². The van der Waals surface area contributed by atoms with E-state index in [1.54, 1.807) is 0 Å². The van der Waals surface area contributed by atoms with Crippen molar-refractivity contribution in [1.82, 2.24) is 10.3 Å². The van der Waals surface area contributed by atoms with Crippen LogP contribution in [-0.4, -0.2) is 33.9 Å². The van der Waals surface area contributed by atoms with Gasteiger partial charge in [0.05, 0.1) is 5.56 Å². The maximum atomic E-state index is 11.9. The van der Waals surface area contributed by atoms with Crippen LogP contribution in [-0.2, 0) is 4.79 Å². The second kappa shape index (κ2) is 5.68. The first-order valence-corrected chi connectivity index (χ1v) is 6.27. The van der Waals surface area contributed by atoms with Gasteiger partial charge >= 0.3 is 5.97 Å². The number of amides is 2. The number of aromatic nitrogens is 1. The molecule has 2 amide bonds. The van der Waals surface area contributed by atoms with Crippen LogP contribution in [0.1, 0.15) is 40.1 Å². The minimum Gasteiger partial charge on any atom is -0.480 e. The molecule has 7 heteroatoms. The van der Waals surface area contributed by atoms with Crippen molar-refractivity contribution < 1.29 is 19.5 Å². The normalized spacial score (nSPS) is 15.4. The monoisotopic (exact) mass is 277 g/mol. The molecule has 0 radical (unpaired) electrons. The smallest absolute Gasteiger partial charge is 0.326 e. The Morgan fingerprint density at radius 2 is 2.10 bits per heavy atom. The molecule has 1 fully saturated rings. The van der Waals surface area contributed by atoms with Gasteiger partial charge in [-0.15, -0.1) is 0 Å². The fourth-order valence-electron chi connectivity index (χ4n) is 1.81. The van der Waals surface area contributed by atoms with Crippen LogP contribution in [0.5, 0.6) is 0 Å². The Hall–Kier alpha value is -2.44. The van der Waals surface area contributed by atoms with E-state index in [4.69, 9.17) is 10.8 Å². The molecule has 1 aliphatic rings. The van der Waals surface area contributed by atoms with Crippen LogP contribution < -0.4 is 11.1 Å². The molecule has 1 unspecified atom stereocenters. The Kier molecular flexibility index (Phi) is 3.97. The second-order valence-electron chi connectivity index (χ2n) is 4.84. The van der Waals surface area contributed by atoms with Crippen LogP contribution in [0.4, 0.5) is 0 Å². The molecule has 0 spiro atoms. The van der Waals surface area contributed by atoms with Crippen molar-refractivity contribution in [3.8, 4) is 0 Å². The molecule has 20 heavy (non-hydrogen) atoms. The molecule has 1 saturated carbocycles. The minimum absolute atomic E-state index is 0.0528. The van der Waals surface area contributed by atoms with E-state index in [1.807, 2.05) is 0 Å². The van der Waals surface area contributed by atoms with Crippen molar-refractivity contribution in [2.45, 2.75) is 25.3 Å². The van der Waals surface area contributed by atoms with Crippen molar-refractivity contribution in [3.05, 3.63) is 29.6 Å². The Balaban J connectivity index is 2.01. The molecule has 0 bridgehead atoms. The van der Waals surface area contributed by atoms with E-state index in [1.165, 1.54) is 18.3 Å². The molecule has 1 aromatic heterocycles. The number of rotatable bonds is 6. The zero-order valence-corrected chi connectivity index (χ0v) is 10.7. The molecule has 1 heterocycles. The van der Waals surface area contributed by atoms with E-state index in [9.17, 15) is 14.4 Å². The van der Waals surface area contributed by atoms with Gasteiger partial charge in [0.25, 0.3) is 5.91 Å². The highest BCUT2D eigenvalue weighted by atomic mass is 16.4. The lowest BCUT2D eigenvalue weighted by Gasteiger charge is -2.13. The van der Waals surface area contributed by atoms with E-state index < -0.39 is 23.8 Å². The summed E-state index contributed by atoms with van der Waals surface area (Å²) in [5.41, 5.74) is 5.31. The van der Waals surface area contributed by atoms with Gasteiger partial charge in [0.1, 0.15) is 11.7 Å². The number of hydrogen-bond acceptors (Lipinski definition) is 4. The summed E-state index contributed by atoms with van der Waals surface area (Å²) in [6.45, 7) is 0. The summed E-state index contributed by atoms with van der Waals surface area (Å²) in [5, 5.41) is 11.5. The molecule has 7 nitrogen and oxygen atoms in total. The SMILES string of the molecule is NC(=O)c1ccc(C(=O)NC(CC2CC2)C(=O)O)nc1. The van der Waals surface area contributed by atoms with Crippen LogP contribution in [0.2, 0.25) is 0 Å². The molecule has 0 aromatic carbocycles. The number of nitrogens with zero attached hydrogens (tertiary/aromatic N) is 1. The first kappa shape index (κ1) is 14.0. The van der Waals surface area contributed by atoms with Gasteiger partial charge in [0.2, 0.25) is 5.91 Å². The van der Waals surface area contributed by atoms with Crippen molar-refractivity contribution in [2.75, 3.05) is 0 Å². The Morgan fingerprint density at radius 1 is 1.40 bits per heavy atom. The van der Waals surface area contributed by atoms with Gasteiger partial charge in [0, 0.05) is 6.20 Å². The highest BCUT2D eigenvalue weighted by Gasteiger charge is 2.30. The predicted octanol–water partition coefficient (Wildman–Crippen LogP) is 0.164. The standard InChI is InChI=1S/C13H15N3O4/c14-11(17)8-3-4-9(15-6-8)12(18)16-10(13(19)20)5-7-1-2-7/h3-4,6-7,10H,1-2,5H2,(H2,14,17)(H,16,18)(H,19,20). The topological polar surface area (TPSA) is 122 Å². The van der Waals surface area contributed by atoms with Gasteiger partial charge in [-0.05, 0) is 24.5 Å². The lowest BCUT2D eigenvalue weighted by atomic mass is 10.1. The van der Waals surface area contributed by atoms with E-state index in [2.05, 4.69) is 10.3 Å². The van der Waals surface area contributed by atoms with Crippen LogP contribution in [0.3, 0.4) is 0 Å². The first-order valence-electron chi connectivity index (χ1n) is 6.27. The first-order chi connectivity index (χ1) is 9.47. The van der Waals surface area contributed by atoms with E-state index in [0.717, 1.165) is 12.8 Å².